The maximum absolute atomic E-state index is 13.7. The summed E-state index contributed by atoms with van der Waals surface area (Å²) in [6, 6.07) is 6.52. The van der Waals surface area contributed by atoms with Crippen molar-refractivity contribution in [1.82, 2.24) is 0 Å². The smallest absolute Gasteiger partial charge is 0.307 e. The summed E-state index contributed by atoms with van der Waals surface area (Å²) in [7, 11) is 0. The molecule has 0 aromatic heterocycles. The first-order valence-electron chi connectivity index (χ1n) is 7.58. The van der Waals surface area contributed by atoms with E-state index in [0.29, 0.717) is 17.9 Å². The summed E-state index contributed by atoms with van der Waals surface area (Å²) < 4.78 is 13.7. The van der Waals surface area contributed by atoms with Crippen molar-refractivity contribution in [2.24, 2.45) is 17.8 Å². The lowest BCUT2D eigenvalue weighted by molar-refractivity contribution is -0.144. The number of carboxylic acids is 1. The second-order valence-electron chi connectivity index (χ2n) is 5.94. The Labute approximate surface area is 120 Å². The molecular weight excluding hydrogens is 255 g/mol. The van der Waals surface area contributed by atoms with Gasteiger partial charge in [-0.15, -0.1) is 0 Å². The SMILES string of the molecule is CCC1CCCC(C(Cc2ccccc2F)C(=O)O)C1. The number of halogens is 1. The normalized spacial score (nSPS) is 24.3. The quantitative estimate of drug-likeness (QED) is 0.872. The average molecular weight is 278 g/mol. The molecule has 1 aliphatic carbocycles. The maximum Gasteiger partial charge on any atom is 0.307 e. The Morgan fingerprint density at radius 3 is 2.80 bits per heavy atom. The van der Waals surface area contributed by atoms with E-state index in [4.69, 9.17) is 0 Å². The van der Waals surface area contributed by atoms with E-state index in [0.717, 1.165) is 25.7 Å². The van der Waals surface area contributed by atoms with Gasteiger partial charge in [-0.25, -0.2) is 4.39 Å². The average Bonchev–Trinajstić information content (AvgIpc) is 2.46. The number of aliphatic carboxylic acids is 1. The summed E-state index contributed by atoms with van der Waals surface area (Å²) in [5, 5.41) is 9.51. The summed E-state index contributed by atoms with van der Waals surface area (Å²) in [5.74, 6) is -0.708. The Morgan fingerprint density at radius 2 is 2.15 bits per heavy atom. The predicted octanol–water partition coefficient (Wildman–Crippen LogP) is 4.29. The zero-order valence-corrected chi connectivity index (χ0v) is 12.0. The lowest BCUT2D eigenvalue weighted by Gasteiger charge is -2.32. The molecule has 0 amide bonds. The molecule has 110 valence electrons. The molecule has 3 atom stereocenters. The van der Waals surface area contributed by atoms with Crippen LogP contribution in [0.25, 0.3) is 0 Å². The highest BCUT2D eigenvalue weighted by Crippen LogP contribution is 2.37. The van der Waals surface area contributed by atoms with E-state index in [2.05, 4.69) is 6.92 Å². The van der Waals surface area contributed by atoms with Gasteiger partial charge in [0.25, 0.3) is 0 Å². The van der Waals surface area contributed by atoms with Gasteiger partial charge in [0.05, 0.1) is 5.92 Å². The number of carboxylic acid groups (broad SMARTS) is 1. The fourth-order valence-corrected chi connectivity index (χ4v) is 3.43. The van der Waals surface area contributed by atoms with Gasteiger partial charge in [-0.1, -0.05) is 44.4 Å². The zero-order valence-electron chi connectivity index (χ0n) is 12.0. The molecule has 0 saturated heterocycles. The summed E-state index contributed by atoms with van der Waals surface area (Å²) >= 11 is 0. The van der Waals surface area contributed by atoms with Crippen LogP contribution in [0.15, 0.2) is 24.3 Å². The van der Waals surface area contributed by atoms with Gasteiger partial charge in [0.2, 0.25) is 0 Å². The number of benzene rings is 1. The predicted molar refractivity (Wildman–Crippen MR) is 77.0 cm³/mol. The maximum atomic E-state index is 13.7. The van der Waals surface area contributed by atoms with Crippen molar-refractivity contribution in [1.29, 1.82) is 0 Å². The minimum atomic E-state index is -0.782. The van der Waals surface area contributed by atoms with Crippen molar-refractivity contribution in [2.45, 2.75) is 45.4 Å². The number of hydrogen-bond acceptors (Lipinski definition) is 1. The Hall–Kier alpha value is -1.38. The van der Waals surface area contributed by atoms with Crippen LogP contribution in [0.1, 0.15) is 44.6 Å². The molecule has 1 fully saturated rings. The van der Waals surface area contributed by atoms with Crippen LogP contribution in [0.5, 0.6) is 0 Å². The molecule has 3 unspecified atom stereocenters. The summed E-state index contributed by atoms with van der Waals surface area (Å²) in [6.07, 6.45) is 5.67. The minimum Gasteiger partial charge on any atom is -0.481 e. The van der Waals surface area contributed by atoms with Gasteiger partial charge < -0.3 is 5.11 Å². The molecule has 2 rings (SSSR count). The molecule has 2 nitrogen and oxygen atoms in total. The van der Waals surface area contributed by atoms with Gasteiger partial charge in [-0.05, 0) is 42.7 Å². The summed E-state index contributed by atoms with van der Waals surface area (Å²) in [4.78, 5) is 11.6. The lowest BCUT2D eigenvalue weighted by atomic mass is 9.72. The largest absolute Gasteiger partial charge is 0.481 e. The van der Waals surface area contributed by atoms with E-state index in [9.17, 15) is 14.3 Å². The van der Waals surface area contributed by atoms with Crippen molar-refractivity contribution in [3.8, 4) is 0 Å². The molecule has 1 N–H and O–H groups in total. The molecule has 0 aliphatic heterocycles. The Bertz CT molecular complexity index is 458. The number of rotatable bonds is 5. The van der Waals surface area contributed by atoms with Crippen molar-refractivity contribution >= 4 is 5.97 Å². The van der Waals surface area contributed by atoms with Crippen molar-refractivity contribution < 1.29 is 14.3 Å². The Balaban J connectivity index is 2.11. The van der Waals surface area contributed by atoms with Crippen LogP contribution in [0.2, 0.25) is 0 Å². The number of hydrogen-bond donors (Lipinski definition) is 1. The van der Waals surface area contributed by atoms with Crippen LogP contribution < -0.4 is 0 Å². The van der Waals surface area contributed by atoms with Gasteiger partial charge in [-0.3, -0.25) is 4.79 Å². The third-order valence-electron chi connectivity index (χ3n) is 4.68. The van der Waals surface area contributed by atoms with Crippen LogP contribution in [0.4, 0.5) is 4.39 Å². The van der Waals surface area contributed by atoms with Crippen molar-refractivity contribution in [2.75, 3.05) is 0 Å². The topological polar surface area (TPSA) is 37.3 Å². The Kier molecular flexibility index (Phi) is 5.16. The van der Waals surface area contributed by atoms with E-state index in [-0.39, 0.29) is 11.7 Å². The molecule has 0 heterocycles. The number of carbonyl (C=O) groups is 1. The van der Waals surface area contributed by atoms with Gasteiger partial charge in [0, 0.05) is 0 Å². The van der Waals surface area contributed by atoms with Gasteiger partial charge in [-0.2, -0.15) is 0 Å². The van der Waals surface area contributed by atoms with Gasteiger partial charge >= 0.3 is 5.97 Å². The van der Waals surface area contributed by atoms with Gasteiger partial charge in [0.15, 0.2) is 0 Å². The second kappa shape index (κ2) is 6.87. The molecule has 3 heteroatoms. The molecule has 20 heavy (non-hydrogen) atoms. The zero-order chi connectivity index (χ0) is 14.5. The molecule has 0 radical (unpaired) electrons. The molecule has 1 saturated carbocycles. The second-order valence-corrected chi connectivity index (χ2v) is 5.94. The highest BCUT2D eigenvalue weighted by Gasteiger charge is 2.32. The first kappa shape index (κ1) is 15.0. The molecule has 0 spiro atoms. The molecule has 0 bridgehead atoms. The highest BCUT2D eigenvalue weighted by atomic mass is 19.1. The molecule has 1 aromatic carbocycles. The fraction of sp³-hybridized carbons (Fsp3) is 0.588. The van der Waals surface area contributed by atoms with Crippen LogP contribution in [0.3, 0.4) is 0 Å². The summed E-state index contributed by atoms with van der Waals surface area (Å²) in [5.41, 5.74) is 0.526. The van der Waals surface area contributed by atoms with E-state index in [1.165, 1.54) is 12.5 Å². The van der Waals surface area contributed by atoms with Gasteiger partial charge in [0.1, 0.15) is 5.82 Å². The minimum absolute atomic E-state index is 0.186. The van der Waals surface area contributed by atoms with Crippen molar-refractivity contribution in [3.63, 3.8) is 0 Å². The molecule has 1 aliphatic rings. The standard InChI is InChI=1S/C17H23FO2/c1-2-12-6-5-8-13(10-12)15(17(19)20)11-14-7-3-4-9-16(14)18/h3-4,7,9,12-13,15H,2,5-6,8,10-11H2,1H3,(H,19,20). The molecule has 1 aromatic rings. The highest BCUT2D eigenvalue weighted by molar-refractivity contribution is 5.70. The van der Waals surface area contributed by atoms with E-state index >= 15 is 0 Å². The van der Waals surface area contributed by atoms with Crippen LogP contribution in [-0.2, 0) is 11.2 Å². The third-order valence-corrected chi connectivity index (χ3v) is 4.68. The third kappa shape index (κ3) is 3.59. The monoisotopic (exact) mass is 278 g/mol. The molecular formula is C17H23FO2. The first-order chi connectivity index (χ1) is 9.61. The van der Waals surface area contributed by atoms with Crippen LogP contribution in [-0.4, -0.2) is 11.1 Å². The van der Waals surface area contributed by atoms with Crippen LogP contribution in [0, 0.1) is 23.6 Å². The summed E-state index contributed by atoms with van der Waals surface area (Å²) in [6.45, 7) is 2.17. The van der Waals surface area contributed by atoms with Crippen molar-refractivity contribution in [3.05, 3.63) is 35.6 Å². The van der Waals surface area contributed by atoms with Crippen LogP contribution >= 0.6 is 0 Å². The Morgan fingerprint density at radius 1 is 1.40 bits per heavy atom. The van der Waals surface area contributed by atoms with E-state index in [1.54, 1.807) is 18.2 Å². The fourth-order valence-electron chi connectivity index (χ4n) is 3.43. The van der Waals surface area contributed by atoms with E-state index < -0.39 is 11.9 Å². The first-order valence-corrected chi connectivity index (χ1v) is 7.58. The lowest BCUT2D eigenvalue weighted by Crippen LogP contribution is -2.30. The van der Waals surface area contributed by atoms with E-state index in [1.807, 2.05) is 0 Å².